The van der Waals surface area contributed by atoms with Crippen molar-refractivity contribution >= 4 is 58.0 Å². The number of rotatable bonds is 2. The number of halogens is 5. The molecule has 2 rings (SSSR count). The fourth-order valence-electron chi connectivity index (χ4n) is 1.91. The summed E-state index contributed by atoms with van der Waals surface area (Å²) in [5, 5.41) is 0.549. The second-order valence-corrected chi connectivity index (χ2v) is 6.03. The van der Waals surface area contributed by atoms with Crippen molar-refractivity contribution in [2.45, 2.75) is 22.4 Å². The molecule has 2 unspecified atom stereocenters. The normalized spacial score (nSPS) is 38.0. The summed E-state index contributed by atoms with van der Waals surface area (Å²) in [6.07, 6.45) is -0.353. The number of ether oxygens (including phenoxy) is 1. The summed E-state index contributed by atoms with van der Waals surface area (Å²) in [4.78, 5) is 0.373. The molecule has 0 aromatic rings. The lowest BCUT2D eigenvalue weighted by atomic mass is 10.0. The maximum absolute atomic E-state index is 6.37. The Kier molecular flexibility index (Phi) is 3.08. The topological polar surface area (TPSA) is 12.5 Å². The zero-order valence-electron chi connectivity index (χ0n) is 7.74. The molecule has 2 aliphatic rings. The van der Waals surface area contributed by atoms with Crippen molar-refractivity contribution in [2.24, 2.45) is 0 Å². The highest BCUT2D eigenvalue weighted by Crippen LogP contribution is 2.63. The average molecular weight is 311 g/mol. The van der Waals surface area contributed by atoms with Gasteiger partial charge < -0.3 is 9.64 Å². The monoisotopic (exact) mass is 309 g/mol. The molecule has 0 aliphatic carbocycles. The molecule has 2 atom stereocenters. The Hall–Kier alpha value is 0.950. The van der Waals surface area contributed by atoms with E-state index in [1.165, 1.54) is 0 Å². The molecule has 15 heavy (non-hydrogen) atoms. The molecule has 0 aromatic carbocycles. The van der Waals surface area contributed by atoms with Gasteiger partial charge in [-0.3, -0.25) is 0 Å². The lowest BCUT2D eigenvalue weighted by Crippen LogP contribution is -2.45. The Balaban J connectivity index is 2.44. The van der Waals surface area contributed by atoms with Gasteiger partial charge >= 0.3 is 0 Å². The van der Waals surface area contributed by atoms with Crippen molar-refractivity contribution in [3.05, 3.63) is 10.2 Å². The number of fused-ring (bicyclic) bond motifs is 2. The standard InChI is InChI=1S/C8H8Cl5NO/c1-2-15-4-3-14-6(10)5(9)7(4,11)8(14,12)13/h4H,2-3H2,1H3. The van der Waals surface area contributed by atoms with Gasteiger partial charge in [-0.25, -0.2) is 0 Å². The molecular weight excluding hydrogens is 303 g/mol. The molecule has 7 heteroatoms. The van der Waals surface area contributed by atoms with Crippen molar-refractivity contribution in [2.75, 3.05) is 13.2 Å². The molecule has 0 amide bonds. The van der Waals surface area contributed by atoms with Crippen LogP contribution in [0.1, 0.15) is 6.92 Å². The lowest BCUT2D eigenvalue weighted by Gasteiger charge is -2.30. The third-order valence-electron chi connectivity index (χ3n) is 2.67. The van der Waals surface area contributed by atoms with Crippen LogP contribution in [0.4, 0.5) is 0 Å². The Morgan fingerprint density at radius 2 is 2.00 bits per heavy atom. The Bertz CT molecular complexity index is 331. The maximum Gasteiger partial charge on any atom is 0.218 e. The number of hydrogen-bond acceptors (Lipinski definition) is 2. The van der Waals surface area contributed by atoms with Gasteiger partial charge in [0.05, 0.1) is 11.6 Å². The molecule has 0 N–H and O–H groups in total. The second kappa shape index (κ2) is 3.72. The first-order valence-electron chi connectivity index (χ1n) is 4.39. The summed E-state index contributed by atoms with van der Waals surface area (Å²) in [6, 6.07) is 0. The first-order chi connectivity index (χ1) is 6.87. The first kappa shape index (κ1) is 12.4. The second-order valence-electron chi connectivity index (χ2n) is 3.41. The Labute approximate surface area is 113 Å². The van der Waals surface area contributed by atoms with E-state index in [0.29, 0.717) is 18.3 Å². The van der Waals surface area contributed by atoms with Gasteiger partial charge in [0.15, 0.2) is 4.87 Å². The van der Waals surface area contributed by atoms with Gasteiger partial charge in [-0.2, -0.15) is 0 Å². The third-order valence-corrected chi connectivity index (χ3v) is 5.64. The van der Waals surface area contributed by atoms with E-state index < -0.39 is 9.33 Å². The van der Waals surface area contributed by atoms with Crippen LogP contribution in [0, 0.1) is 0 Å². The Morgan fingerprint density at radius 3 is 2.40 bits per heavy atom. The van der Waals surface area contributed by atoms with Gasteiger partial charge in [0.1, 0.15) is 11.3 Å². The molecule has 1 saturated heterocycles. The minimum atomic E-state index is -1.34. The van der Waals surface area contributed by atoms with Gasteiger partial charge in [-0.15, -0.1) is 11.6 Å². The van der Waals surface area contributed by atoms with Crippen LogP contribution < -0.4 is 0 Å². The van der Waals surface area contributed by atoms with E-state index in [2.05, 4.69) is 0 Å². The minimum Gasteiger partial charge on any atom is -0.374 e. The summed E-state index contributed by atoms with van der Waals surface area (Å²) in [5.74, 6) is 0. The SMILES string of the molecule is CCOC1CN2C(Cl)=C(Cl)C1(Cl)C2(Cl)Cl. The maximum atomic E-state index is 6.37. The van der Waals surface area contributed by atoms with Crippen LogP contribution in [0.3, 0.4) is 0 Å². The largest absolute Gasteiger partial charge is 0.374 e. The molecule has 0 radical (unpaired) electrons. The minimum absolute atomic E-state index is 0.250. The fraction of sp³-hybridized carbons (Fsp3) is 0.750. The van der Waals surface area contributed by atoms with E-state index in [9.17, 15) is 0 Å². The van der Waals surface area contributed by atoms with Crippen LogP contribution in [0.15, 0.2) is 10.2 Å². The molecule has 0 aromatic heterocycles. The van der Waals surface area contributed by atoms with Crippen molar-refractivity contribution in [1.29, 1.82) is 0 Å². The van der Waals surface area contributed by atoms with Crippen LogP contribution in [-0.2, 0) is 4.74 Å². The van der Waals surface area contributed by atoms with Gasteiger partial charge in [0.2, 0.25) is 4.46 Å². The van der Waals surface area contributed by atoms with Gasteiger partial charge in [-0.1, -0.05) is 46.4 Å². The van der Waals surface area contributed by atoms with Crippen LogP contribution in [0.2, 0.25) is 0 Å². The predicted molar refractivity (Wildman–Crippen MR) is 63.9 cm³/mol. The van der Waals surface area contributed by atoms with E-state index in [4.69, 9.17) is 62.7 Å². The first-order valence-corrected chi connectivity index (χ1v) is 6.28. The van der Waals surface area contributed by atoms with Crippen LogP contribution in [-0.4, -0.2) is 33.5 Å². The molecule has 2 heterocycles. The van der Waals surface area contributed by atoms with Crippen molar-refractivity contribution in [3.63, 3.8) is 0 Å². The van der Waals surface area contributed by atoms with E-state index in [1.807, 2.05) is 6.92 Å². The molecule has 0 spiro atoms. The zero-order valence-corrected chi connectivity index (χ0v) is 11.5. The third kappa shape index (κ3) is 1.36. The van der Waals surface area contributed by atoms with Gasteiger partial charge in [0, 0.05) is 6.61 Å². The molecule has 2 aliphatic heterocycles. The predicted octanol–water partition coefficient (Wildman–Crippen LogP) is 3.48. The molecule has 2 bridgehead atoms. The number of alkyl halides is 3. The summed E-state index contributed by atoms with van der Waals surface area (Å²) in [6.45, 7) is 2.82. The summed E-state index contributed by atoms with van der Waals surface area (Å²) >= 11 is 30.7. The summed E-state index contributed by atoms with van der Waals surface area (Å²) in [7, 11) is 0. The Morgan fingerprint density at radius 1 is 1.40 bits per heavy atom. The molecular formula is C8H8Cl5NO. The summed E-state index contributed by atoms with van der Waals surface area (Å²) < 4.78 is 4.13. The molecule has 2 nitrogen and oxygen atoms in total. The molecule has 86 valence electrons. The quantitative estimate of drug-likeness (QED) is 0.572. The highest BCUT2D eigenvalue weighted by atomic mass is 35.5. The smallest absolute Gasteiger partial charge is 0.218 e. The highest BCUT2D eigenvalue weighted by Gasteiger charge is 2.71. The van der Waals surface area contributed by atoms with E-state index in [0.717, 1.165) is 0 Å². The number of nitrogens with zero attached hydrogens (tertiary/aromatic N) is 1. The van der Waals surface area contributed by atoms with E-state index >= 15 is 0 Å². The van der Waals surface area contributed by atoms with E-state index in [-0.39, 0.29) is 11.1 Å². The lowest BCUT2D eigenvalue weighted by molar-refractivity contribution is 0.0566. The molecule has 0 saturated carbocycles. The number of hydrogen-bond donors (Lipinski definition) is 0. The van der Waals surface area contributed by atoms with Crippen molar-refractivity contribution in [1.82, 2.24) is 4.90 Å². The van der Waals surface area contributed by atoms with Crippen LogP contribution in [0.25, 0.3) is 0 Å². The van der Waals surface area contributed by atoms with Crippen molar-refractivity contribution in [3.8, 4) is 0 Å². The van der Waals surface area contributed by atoms with Crippen molar-refractivity contribution < 1.29 is 4.74 Å². The highest BCUT2D eigenvalue weighted by molar-refractivity contribution is 6.59. The summed E-state index contributed by atoms with van der Waals surface area (Å²) in [5.41, 5.74) is 0. The van der Waals surface area contributed by atoms with Gasteiger partial charge in [-0.05, 0) is 6.92 Å². The average Bonchev–Trinajstić information content (AvgIpc) is 2.42. The van der Waals surface area contributed by atoms with E-state index in [1.54, 1.807) is 4.90 Å². The van der Waals surface area contributed by atoms with Crippen LogP contribution >= 0.6 is 58.0 Å². The fourth-order valence-corrected chi connectivity index (χ4v) is 3.91. The molecule has 1 fully saturated rings. The van der Waals surface area contributed by atoms with Crippen LogP contribution in [0.5, 0.6) is 0 Å². The van der Waals surface area contributed by atoms with Gasteiger partial charge in [0.25, 0.3) is 0 Å². The zero-order chi connectivity index (χ0) is 11.4.